The minimum Gasteiger partial charge on any atom is -0.508 e. The number of rotatable bonds is 2. The van der Waals surface area contributed by atoms with E-state index in [1.54, 1.807) is 0 Å². The second kappa shape index (κ2) is 4.05. The van der Waals surface area contributed by atoms with Crippen LogP contribution in [0.5, 0.6) is 0 Å². The topological polar surface area (TPSA) is 32.3 Å². The van der Waals surface area contributed by atoms with E-state index >= 15 is 0 Å². The molecule has 0 saturated heterocycles. The molecule has 0 saturated carbocycles. The molecule has 0 heterocycles. The number of anilines is 1. The number of benzene rings is 2. The van der Waals surface area contributed by atoms with Gasteiger partial charge in [-0.3, -0.25) is 0 Å². The Bertz CT molecular complexity index is 641. The van der Waals surface area contributed by atoms with Crippen LogP contribution in [0.15, 0.2) is 36.4 Å². The van der Waals surface area contributed by atoms with Gasteiger partial charge in [-0.25, -0.2) is 0 Å². The van der Waals surface area contributed by atoms with E-state index in [2.05, 4.69) is 49.5 Å². The summed E-state index contributed by atoms with van der Waals surface area (Å²) in [5, 5.41) is 16.0. The Hall–Kier alpha value is -1.96. The van der Waals surface area contributed by atoms with Crippen LogP contribution in [0.3, 0.4) is 0 Å². The molecule has 0 fully saturated rings. The Morgan fingerprint density at radius 3 is 2.78 bits per heavy atom. The highest BCUT2D eigenvalue weighted by Crippen LogP contribution is 2.37. The van der Waals surface area contributed by atoms with Crippen molar-refractivity contribution in [2.75, 3.05) is 5.32 Å². The first-order valence-corrected chi connectivity index (χ1v) is 6.37. The van der Waals surface area contributed by atoms with Gasteiger partial charge >= 0.3 is 0 Å². The van der Waals surface area contributed by atoms with E-state index < -0.39 is 0 Å². The van der Waals surface area contributed by atoms with Crippen LogP contribution in [0.1, 0.15) is 25.0 Å². The normalized spacial score (nSPS) is 13.8. The fourth-order valence-electron chi connectivity index (χ4n) is 2.63. The molecule has 2 aromatic carbocycles. The molecule has 0 bridgehead atoms. The van der Waals surface area contributed by atoms with Crippen LogP contribution < -0.4 is 5.32 Å². The average Bonchev–Trinajstić information content (AvgIpc) is 2.34. The maximum atomic E-state index is 10.2. The lowest BCUT2D eigenvalue weighted by Gasteiger charge is -2.21. The SMILES string of the molecule is CC(C)Nc1ccc2cccc3c2c1C(O)=CC3. The smallest absolute Gasteiger partial charge is 0.121 e. The minimum atomic E-state index is 0.348. The van der Waals surface area contributed by atoms with E-state index in [1.165, 1.54) is 16.3 Å². The van der Waals surface area contributed by atoms with Gasteiger partial charge in [0, 0.05) is 17.3 Å². The first kappa shape index (κ1) is 11.1. The van der Waals surface area contributed by atoms with Crippen LogP contribution in [0, 0.1) is 0 Å². The molecule has 3 rings (SSSR count). The lowest BCUT2D eigenvalue weighted by molar-refractivity contribution is 0.510. The van der Waals surface area contributed by atoms with Crippen molar-refractivity contribution in [1.29, 1.82) is 0 Å². The van der Waals surface area contributed by atoms with Crippen molar-refractivity contribution in [3.05, 3.63) is 47.5 Å². The molecule has 2 N–H and O–H groups in total. The van der Waals surface area contributed by atoms with Gasteiger partial charge in [-0.15, -0.1) is 0 Å². The number of nitrogens with one attached hydrogen (secondary N) is 1. The van der Waals surface area contributed by atoms with Crippen molar-refractivity contribution in [1.82, 2.24) is 0 Å². The van der Waals surface area contributed by atoms with Crippen molar-refractivity contribution >= 4 is 22.2 Å². The second-order valence-corrected chi connectivity index (χ2v) is 5.10. The summed E-state index contributed by atoms with van der Waals surface area (Å²) in [6.45, 7) is 4.21. The molecule has 0 aromatic heterocycles. The first-order valence-electron chi connectivity index (χ1n) is 6.37. The van der Waals surface area contributed by atoms with Gasteiger partial charge in [0.1, 0.15) is 5.76 Å². The van der Waals surface area contributed by atoms with E-state index in [0.717, 1.165) is 17.7 Å². The molecule has 2 heteroatoms. The van der Waals surface area contributed by atoms with E-state index in [0.29, 0.717) is 11.8 Å². The summed E-state index contributed by atoms with van der Waals surface area (Å²) in [4.78, 5) is 0. The zero-order valence-corrected chi connectivity index (χ0v) is 10.7. The van der Waals surface area contributed by atoms with Gasteiger partial charge in [0.25, 0.3) is 0 Å². The van der Waals surface area contributed by atoms with Crippen LogP contribution in [0.25, 0.3) is 16.5 Å². The molecule has 2 aromatic rings. The maximum absolute atomic E-state index is 10.2. The Kier molecular flexibility index (Phi) is 2.51. The maximum Gasteiger partial charge on any atom is 0.121 e. The van der Waals surface area contributed by atoms with Gasteiger partial charge in [-0.05, 0) is 48.7 Å². The summed E-state index contributed by atoms with van der Waals surface area (Å²) in [6.07, 6.45) is 2.70. The third-order valence-corrected chi connectivity index (χ3v) is 3.35. The van der Waals surface area contributed by atoms with Crippen LogP contribution >= 0.6 is 0 Å². The Balaban J connectivity index is 2.32. The highest BCUT2D eigenvalue weighted by atomic mass is 16.3. The van der Waals surface area contributed by atoms with Gasteiger partial charge in [0.05, 0.1) is 0 Å². The predicted molar refractivity (Wildman–Crippen MR) is 77.0 cm³/mol. The van der Waals surface area contributed by atoms with Gasteiger partial charge < -0.3 is 10.4 Å². The summed E-state index contributed by atoms with van der Waals surface area (Å²) >= 11 is 0. The van der Waals surface area contributed by atoms with Crippen molar-refractivity contribution in [3.8, 4) is 0 Å². The standard InChI is InChI=1S/C16H17NO/c1-10(2)17-13-8-6-11-4-3-5-12-7-9-14(18)16(13)15(11)12/h3-6,8-10,17-18H,7H2,1-2H3. The summed E-state index contributed by atoms with van der Waals surface area (Å²) < 4.78 is 0. The summed E-state index contributed by atoms with van der Waals surface area (Å²) in [5.41, 5.74) is 3.24. The summed E-state index contributed by atoms with van der Waals surface area (Å²) in [7, 11) is 0. The van der Waals surface area contributed by atoms with E-state index in [9.17, 15) is 5.11 Å². The van der Waals surface area contributed by atoms with E-state index in [1.807, 2.05) is 6.08 Å². The Morgan fingerprint density at radius 1 is 1.17 bits per heavy atom. The van der Waals surface area contributed by atoms with Crippen LogP contribution in [0.2, 0.25) is 0 Å². The molecule has 0 atom stereocenters. The van der Waals surface area contributed by atoms with Gasteiger partial charge in [-0.1, -0.05) is 24.3 Å². The Labute approximate surface area is 107 Å². The molecular weight excluding hydrogens is 222 g/mol. The average molecular weight is 239 g/mol. The lowest BCUT2D eigenvalue weighted by Crippen LogP contribution is -2.12. The largest absolute Gasteiger partial charge is 0.508 e. The highest BCUT2D eigenvalue weighted by Gasteiger charge is 2.18. The number of hydrogen-bond acceptors (Lipinski definition) is 2. The van der Waals surface area contributed by atoms with Crippen LogP contribution in [-0.4, -0.2) is 11.1 Å². The summed E-state index contributed by atoms with van der Waals surface area (Å²) in [5.74, 6) is 0.391. The third-order valence-electron chi connectivity index (χ3n) is 3.35. The van der Waals surface area contributed by atoms with Crippen molar-refractivity contribution in [2.24, 2.45) is 0 Å². The molecule has 0 spiro atoms. The number of hydrogen-bond donors (Lipinski definition) is 2. The number of aliphatic hydroxyl groups is 1. The van der Waals surface area contributed by atoms with Crippen molar-refractivity contribution in [3.63, 3.8) is 0 Å². The molecule has 1 aliphatic rings. The molecule has 92 valence electrons. The highest BCUT2D eigenvalue weighted by molar-refractivity contribution is 6.01. The molecule has 2 nitrogen and oxygen atoms in total. The molecular formula is C16H17NO. The molecule has 0 unspecified atom stereocenters. The quantitative estimate of drug-likeness (QED) is 0.826. The monoisotopic (exact) mass is 239 g/mol. The Morgan fingerprint density at radius 2 is 2.00 bits per heavy atom. The summed E-state index contributed by atoms with van der Waals surface area (Å²) in [6, 6.07) is 10.8. The zero-order valence-electron chi connectivity index (χ0n) is 10.7. The van der Waals surface area contributed by atoms with Crippen molar-refractivity contribution in [2.45, 2.75) is 26.3 Å². The van der Waals surface area contributed by atoms with Crippen molar-refractivity contribution < 1.29 is 5.11 Å². The third kappa shape index (κ3) is 1.65. The fraction of sp³-hybridized carbons (Fsp3) is 0.250. The molecule has 0 amide bonds. The predicted octanol–water partition coefficient (Wildman–Crippen LogP) is 4.12. The van der Waals surface area contributed by atoms with Gasteiger partial charge in [-0.2, -0.15) is 0 Å². The molecule has 18 heavy (non-hydrogen) atoms. The zero-order chi connectivity index (χ0) is 12.7. The van der Waals surface area contributed by atoms with E-state index in [4.69, 9.17) is 0 Å². The molecule has 0 aliphatic heterocycles. The lowest BCUT2D eigenvalue weighted by atomic mass is 9.90. The van der Waals surface area contributed by atoms with Gasteiger partial charge in [0.2, 0.25) is 0 Å². The van der Waals surface area contributed by atoms with E-state index in [-0.39, 0.29) is 0 Å². The molecule has 1 aliphatic carbocycles. The number of allylic oxidation sites excluding steroid dienone is 1. The minimum absolute atomic E-state index is 0.348. The second-order valence-electron chi connectivity index (χ2n) is 5.10. The fourth-order valence-corrected chi connectivity index (χ4v) is 2.63. The van der Waals surface area contributed by atoms with Gasteiger partial charge in [0.15, 0.2) is 0 Å². The van der Waals surface area contributed by atoms with Crippen LogP contribution in [0.4, 0.5) is 5.69 Å². The van der Waals surface area contributed by atoms with Crippen LogP contribution in [-0.2, 0) is 6.42 Å². The number of aliphatic hydroxyl groups excluding tert-OH is 1. The molecule has 0 radical (unpaired) electrons. The first-order chi connectivity index (χ1) is 8.66.